The molecule has 2 aromatic rings. The molecule has 0 spiro atoms. The summed E-state index contributed by atoms with van der Waals surface area (Å²) in [5.74, 6) is 1.31. The number of hydrogen-bond donors (Lipinski definition) is 1. The number of rotatable bonds is 5. The lowest BCUT2D eigenvalue weighted by molar-refractivity contribution is 0.404. The van der Waals surface area contributed by atoms with E-state index in [-0.39, 0.29) is 0 Å². The van der Waals surface area contributed by atoms with Gasteiger partial charge in [0.1, 0.15) is 11.5 Å². The molecule has 0 fully saturated rings. The van der Waals surface area contributed by atoms with Gasteiger partial charge in [-0.05, 0) is 24.1 Å². The minimum Gasteiger partial charge on any atom is -0.495 e. The van der Waals surface area contributed by atoms with Crippen molar-refractivity contribution in [2.75, 3.05) is 19.5 Å². The molecule has 0 atom stereocenters. The summed E-state index contributed by atoms with van der Waals surface area (Å²) in [4.78, 5) is 0. The summed E-state index contributed by atoms with van der Waals surface area (Å²) in [6, 6.07) is 9.84. The van der Waals surface area contributed by atoms with E-state index in [1.165, 1.54) is 11.1 Å². The van der Waals surface area contributed by atoms with Crippen LogP contribution in [0.2, 0.25) is 5.02 Å². The van der Waals surface area contributed by atoms with Gasteiger partial charge in [-0.25, -0.2) is 0 Å². The first-order valence-corrected chi connectivity index (χ1v) is 7.62. The second-order valence-corrected chi connectivity index (χ2v) is 5.89. The first-order chi connectivity index (χ1) is 10.0. The van der Waals surface area contributed by atoms with E-state index in [1.54, 1.807) is 20.3 Å². The lowest BCUT2D eigenvalue weighted by atomic mass is 10.1. The van der Waals surface area contributed by atoms with Crippen molar-refractivity contribution in [2.45, 2.75) is 13.5 Å². The fraction of sp³-hybridized carbons (Fsp3) is 0.250. The molecule has 0 unspecified atom stereocenters. The zero-order valence-electron chi connectivity index (χ0n) is 12.2. The minimum absolute atomic E-state index is 0.527. The Morgan fingerprint density at radius 1 is 1.10 bits per heavy atom. The smallest absolute Gasteiger partial charge is 0.143 e. The molecule has 1 N–H and O–H groups in total. The molecular weight excluding hydrogens is 354 g/mol. The molecule has 0 aliphatic heterocycles. The van der Waals surface area contributed by atoms with Gasteiger partial charge < -0.3 is 14.8 Å². The van der Waals surface area contributed by atoms with Crippen LogP contribution in [0.5, 0.6) is 11.5 Å². The Bertz CT molecular complexity index is 646. The van der Waals surface area contributed by atoms with Gasteiger partial charge in [0.15, 0.2) is 0 Å². The number of aryl methyl sites for hydroxylation is 1. The Hall–Kier alpha value is -1.39. The van der Waals surface area contributed by atoms with Crippen molar-refractivity contribution in [3.8, 4) is 11.5 Å². The molecule has 0 bridgehead atoms. The van der Waals surface area contributed by atoms with Crippen LogP contribution >= 0.6 is 27.5 Å². The number of hydrogen-bond acceptors (Lipinski definition) is 3. The van der Waals surface area contributed by atoms with Gasteiger partial charge in [0.05, 0.1) is 24.9 Å². The van der Waals surface area contributed by atoms with Crippen molar-refractivity contribution in [3.05, 3.63) is 51.0 Å². The van der Waals surface area contributed by atoms with E-state index in [2.05, 4.69) is 40.3 Å². The fourth-order valence-corrected chi connectivity index (χ4v) is 2.49. The lowest BCUT2D eigenvalue weighted by Gasteiger charge is -2.14. The number of methoxy groups -OCH3 is 2. The van der Waals surface area contributed by atoms with Crippen LogP contribution in [0.1, 0.15) is 11.1 Å². The standard InChI is InChI=1S/C16H17BrClNO2/c1-10-6-11(4-5-12(10)17)9-19-14-8-15(20-2)13(18)7-16(14)21-3/h4-8,19H,9H2,1-3H3. The Morgan fingerprint density at radius 3 is 2.43 bits per heavy atom. The Morgan fingerprint density at radius 2 is 1.81 bits per heavy atom. The van der Waals surface area contributed by atoms with Gasteiger partial charge in [-0.2, -0.15) is 0 Å². The van der Waals surface area contributed by atoms with Crippen LogP contribution in [0.25, 0.3) is 0 Å². The molecule has 0 heterocycles. The highest BCUT2D eigenvalue weighted by molar-refractivity contribution is 9.10. The summed E-state index contributed by atoms with van der Waals surface area (Å²) in [7, 11) is 3.21. The monoisotopic (exact) mass is 369 g/mol. The molecule has 0 saturated carbocycles. The first kappa shape index (κ1) is 16.0. The Balaban J connectivity index is 2.20. The quantitative estimate of drug-likeness (QED) is 0.800. The number of anilines is 1. The van der Waals surface area contributed by atoms with Crippen molar-refractivity contribution in [3.63, 3.8) is 0 Å². The second kappa shape index (κ2) is 7.05. The molecule has 0 radical (unpaired) electrons. The lowest BCUT2D eigenvalue weighted by Crippen LogP contribution is -2.02. The summed E-state index contributed by atoms with van der Waals surface area (Å²) < 4.78 is 11.7. The van der Waals surface area contributed by atoms with Crippen molar-refractivity contribution >= 4 is 33.2 Å². The number of halogens is 2. The molecule has 5 heteroatoms. The predicted molar refractivity (Wildman–Crippen MR) is 90.8 cm³/mol. The van der Waals surface area contributed by atoms with Gasteiger partial charge in [0.2, 0.25) is 0 Å². The maximum absolute atomic E-state index is 6.10. The van der Waals surface area contributed by atoms with Crippen LogP contribution in [0, 0.1) is 6.92 Å². The van der Waals surface area contributed by atoms with E-state index in [0.717, 1.165) is 10.2 Å². The first-order valence-electron chi connectivity index (χ1n) is 6.45. The van der Waals surface area contributed by atoms with Gasteiger partial charge in [-0.3, -0.25) is 0 Å². The van der Waals surface area contributed by atoms with E-state index in [0.29, 0.717) is 23.1 Å². The van der Waals surface area contributed by atoms with E-state index in [1.807, 2.05) is 12.1 Å². The summed E-state index contributed by atoms with van der Waals surface area (Å²) >= 11 is 9.60. The van der Waals surface area contributed by atoms with Crippen LogP contribution in [-0.4, -0.2) is 14.2 Å². The average molecular weight is 371 g/mol. The highest BCUT2D eigenvalue weighted by atomic mass is 79.9. The molecule has 0 saturated heterocycles. The SMILES string of the molecule is COc1cc(NCc2ccc(Br)c(C)c2)c(OC)cc1Cl. The van der Waals surface area contributed by atoms with Gasteiger partial charge in [0.25, 0.3) is 0 Å². The van der Waals surface area contributed by atoms with Crippen LogP contribution < -0.4 is 14.8 Å². The maximum atomic E-state index is 6.10. The third-order valence-corrected chi connectivity index (χ3v) is 4.36. The molecule has 0 aliphatic rings. The van der Waals surface area contributed by atoms with Gasteiger partial charge in [-0.15, -0.1) is 0 Å². The molecule has 112 valence electrons. The Labute approximate surface area is 138 Å². The van der Waals surface area contributed by atoms with Crippen LogP contribution in [0.15, 0.2) is 34.8 Å². The highest BCUT2D eigenvalue weighted by Gasteiger charge is 2.09. The third-order valence-electron chi connectivity index (χ3n) is 3.18. The fourth-order valence-electron chi connectivity index (χ4n) is 2.01. The van der Waals surface area contributed by atoms with Crippen LogP contribution in [-0.2, 0) is 6.54 Å². The molecule has 2 aromatic carbocycles. The molecule has 0 aliphatic carbocycles. The number of nitrogens with one attached hydrogen (secondary N) is 1. The zero-order valence-corrected chi connectivity index (χ0v) is 14.5. The van der Waals surface area contributed by atoms with E-state index in [9.17, 15) is 0 Å². The van der Waals surface area contributed by atoms with Crippen molar-refractivity contribution in [1.82, 2.24) is 0 Å². The summed E-state index contributed by atoms with van der Waals surface area (Å²) in [6.45, 7) is 2.76. The maximum Gasteiger partial charge on any atom is 0.143 e. The second-order valence-electron chi connectivity index (χ2n) is 4.62. The molecule has 3 nitrogen and oxygen atoms in total. The highest BCUT2D eigenvalue weighted by Crippen LogP contribution is 2.36. The van der Waals surface area contributed by atoms with Crippen molar-refractivity contribution < 1.29 is 9.47 Å². The average Bonchev–Trinajstić information content (AvgIpc) is 2.48. The van der Waals surface area contributed by atoms with E-state index < -0.39 is 0 Å². The normalized spacial score (nSPS) is 10.3. The summed E-state index contributed by atoms with van der Waals surface area (Å²) in [5.41, 5.74) is 3.24. The molecule has 2 rings (SSSR count). The number of benzene rings is 2. The predicted octanol–water partition coefficient (Wildman–Crippen LogP) is 5.04. The van der Waals surface area contributed by atoms with Gasteiger partial charge in [-0.1, -0.05) is 39.7 Å². The van der Waals surface area contributed by atoms with Crippen LogP contribution in [0.4, 0.5) is 5.69 Å². The van der Waals surface area contributed by atoms with Gasteiger partial charge >= 0.3 is 0 Å². The Kier molecular flexibility index (Phi) is 5.37. The molecule has 21 heavy (non-hydrogen) atoms. The van der Waals surface area contributed by atoms with Crippen molar-refractivity contribution in [2.24, 2.45) is 0 Å². The topological polar surface area (TPSA) is 30.5 Å². The van der Waals surface area contributed by atoms with Crippen LogP contribution in [0.3, 0.4) is 0 Å². The molecular formula is C16H17BrClNO2. The van der Waals surface area contributed by atoms with E-state index in [4.69, 9.17) is 21.1 Å². The third kappa shape index (κ3) is 3.83. The van der Waals surface area contributed by atoms with Gasteiger partial charge in [0, 0.05) is 23.2 Å². The largest absolute Gasteiger partial charge is 0.495 e. The van der Waals surface area contributed by atoms with E-state index >= 15 is 0 Å². The minimum atomic E-state index is 0.527. The summed E-state index contributed by atoms with van der Waals surface area (Å²) in [5, 5.41) is 3.88. The van der Waals surface area contributed by atoms with Crippen molar-refractivity contribution in [1.29, 1.82) is 0 Å². The zero-order chi connectivity index (χ0) is 15.4. The number of ether oxygens (including phenoxy) is 2. The molecule has 0 aromatic heterocycles. The molecule has 0 amide bonds. The summed E-state index contributed by atoms with van der Waals surface area (Å²) in [6.07, 6.45) is 0.